The van der Waals surface area contributed by atoms with Crippen LogP contribution in [0.2, 0.25) is 0 Å². The van der Waals surface area contributed by atoms with Crippen LogP contribution in [0.3, 0.4) is 0 Å². The molecule has 2 atom stereocenters. The molecule has 17 heavy (non-hydrogen) atoms. The standard InChI is InChI=1S/C10H15N3O3S/c1-6(14)17-3-2-8(15)10(16)7-4-13-9(11)5-12-7/h4-5,8,10,15-16H,2-3H2,1H3,(H2,11,13). The number of anilines is 1. The van der Waals surface area contributed by atoms with E-state index in [4.69, 9.17) is 5.73 Å². The number of aliphatic hydroxyl groups excluding tert-OH is 2. The van der Waals surface area contributed by atoms with Crippen LogP contribution in [0.15, 0.2) is 12.4 Å². The molecule has 0 saturated heterocycles. The molecule has 2 unspecified atom stereocenters. The van der Waals surface area contributed by atoms with Crippen molar-refractivity contribution in [3.8, 4) is 0 Å². The average Bonchev–Trinajstić information content (AvgIpc) is 2.28. The van der Waals surface area contributed by atoms with Crippen LogP contribution in [0.25, 0.3) is 0 Å². The average molecular weight is 257 g/mol. The predicted octanol–water partition coefficient (Wildman–Crippen LogP) is 0.123. The molecular weight excluding hydrogens is 242 g/mol. The van der Waals surface area contributed by atoms with E-state index in [1.165, 1.54) is 19.3 Å². The fourth-order valence-electron chi connectivity index (χ4n) is 1.18. The van der Waals surface area contributed by atoms with Gasteiger partial charge in [0.05, 0.1) is 24.2 Å². The van der Waals surface area contributed by atoms with Crippen molar-refractivity contribution < 1.29 is 15.0 Å². The third-order valence-corrected chi connectivity index (χ3v) is 2.92. The number of thioether (sulfide) groups is 1. The molecule has 1 rings (SSSR count). The summed E-state index contributed by atoms with van der Waals surface area (Å²) in [6.45, 7) is 1.46. The van der Waals surface area contributed by atoms with Gasteiger partial charge in [-0.2, -0.15) is 0 Å². The normalized spacial score (nSPS) is 14.3. The highest BCUT2D eigenvalue weighted by Crippen LogP contribution is 2.18. The first-order valence-corrected chi connectivity index (χ1v) is 6.06. The Labute approximate surface area is 103 Å². The van der Waals surface area contributed by atoms with E-state index in [0.29, 0.717) is 12.2 Å². The number of rotatable bonds is 5. The Bertz CT molecular complexity index is 372. The van der Waals surface area contributed by atoms with Crippen LogP contribution in [-0.4, -0.2) is 37.2 Å². The lowest BCUT2D eigenvalue weighted by molar-refractivity contribution is -0.109. The number of carbonyl (C=O) groups excluding carboxylic acids is 1. The summed E-state index contributed by atoms with van der Waals surface area (Å²) in [5, 5.41) is 19.4. The van der Waals surface area contributed by atoms with Crippen molar-refractivity contribution in [1.29, 1.82) is 0 Å². The molecule has 1 aromatic heterocycles. The summed E-state index contributed by atoms with van der Waals surface area (Å²) in [5.74, 6) is 0.707. The van der Waals surface area contributed by atoms with Crippen molar-refractivity contribution in [1.82, 2.24) is 9.97 Å². The minimum atomic E-state index is -1.12. The van der Waals surface area contributed by atoms with E-state index < -0.39 is 12.2 Å². The number of aliphatic hydroxyl groups is 2. The predicted molar refractivity (Wildman–Crippen MR) is 65.2 cm³/mol. The van der Waals surface area contributed by atoms with Crippen LogP contribution in [0.4, 0.5) is 5.82 Å². The van der Waals surface area contributed by atoms with Crippen molar-refractivity contribution in [2.45, 2.75) is 25.6 Å². The maximum Gasteiger partial charge on any atom is 0.185 e. The quantitative estimate of drug-likeness (QED) is 0.687. The zero-order valence-electron chi connectivity index (χ0n) is 9.41. The minimum absolute atomic E-state index is 0.0148. The molecule has 0 aliphatic carbocycles. The fraction of sp³-hybridized carbons (Fsp3) is 0.500. The van der Waals surface area contributed by atoms with Gasteiger partial charge in [-0.3, -0.25) is 9.78 Å². The molecule has 1 aromatic rings. The molecule has 0 saturated carbocycles. The summed E-state index contributed by atoms with van der Waals surface area (Å²) < 4.78 is 0. The molecule has 0 spiro atoms. The van der Waals surface area contributed by atoms with E-state index in [-0.39, 0.29) is 16.6 Å². The van der Waals surface area contributed by atoms with Gasteiger partial charge in [0.15, 0.2) is 5.12 Å². The molecular formula is C10H15N3O3S. The van der Waals surface area contributed by atoms with Gasteiger partial charge in [-0.25, -0.2) is 4.98 Å². The second-order valence-corrected chi connectivity index (χ2v) is 4.78. The molecule has 4 N–H and O–H groups in total. The first kappa shape index (κ1) is 13.9. The number of nitrogens with two attached hydrogens (primary N) is 1. The van der Waals surface area contributed by atoms with Gasteiger partial charge < -0.3 is 15.9 Å². The Morgan fingerprint density at radius 2 is 2.18 bits per heavy atom. The van der Waals surface area contributed by atoms with Gasteiger partial charge >= 0.3 is 0 Å². The molecule has 0 aliphatic heterocycles. The monoisotopic (exact) mass is 257 g/mol. The maximum atomic E-state index is 10.7. The summed E-state index contributed by atoms with van der Waals surface area (Å²) in [5.41, 5.74) is 5.62. The highest BCUT2D eigenvalue weighted by atomic mass is 32.2. The SMILES string of the molecule is CC(=O)SCCC(O)C(O)c1cnc(N)cn1. The van der Waals surface area contributed by atoms with Gasteiger partial charge in [0.1, 0.15) is 11.9 Å². The van der Waals surface area contributed by atoms with Crippen molar-refractivity contribution >= 4 is 22.7 Å². The summed E-state index contributed by atoms with van der Waals surface area (Å²) >= 11 is 1.11. The molecule has 0 aliphatic rings. The van der Waals surface area contributed by atoms with E-state index in [0.717, 1.165) is 11.8 Å². The fourth-order valence-corrected chi connectivity index (χ4v) is 1.83. The lowest BCUT2D eigenvalue weighted by atomic mass is 10.1. The molecule has 6 nitrogen and oxygen atoms in total. The zero-order chi connectivity index (χ0) is 12.8. The minimum Gasteiger partial charge on any atom is -0.390 e. The first-order chi connectivity index (χ1) is 8.00. The van der Waals surface area contributed by atoms with Crippen LogP contribution < -0.4 is 5.73 Å². The lowest BCUT2D eigenvalue weighted by Crippen LogP contribution is -2.20. The Morgan fingerprint density at radius 3 is 2.71 bits per heavy atom. The Morgan fingerprint density at radius 1 is 1.47 bits per heavy atom. The molecule has 0 radical (unpaired) electrons. The molecule has 94 valence electrons. The Hall–Kier alpha value is -1.18. The van der Waals surface area contributed by atoms with Crippen LogP contribution in [0, 0.1) is 0 Å². The smallest absolute Gasteiger partial charge is 0.185 e. The zero-order valence-corrected chi connectivity index (χ0v) is 10.2. The number of aromatic nitrogens is 2. The van der Waals surface area contributed by atoms with Gasteiger partial charge in [-0.15, -0.1) is 0 Å². The highest BCUT2D eigenvalue weighted by Gasteiger charge is 2.19. The topological polar surface area (TPSA) is 109 Å². The number of nitrogens with zero attached hydrogens (tertiary/aromatic N) is 2. The molecule has 0 amide bonds. The summed E-state index contributed by atoms with van der Waals surface area (Å²) in [4.78, 5) is 18.3. The van der Waals surface area contributed by atoms with E-state index >= 15 is 0 Å². The van der Waals surface area contributed by atoms with E-state index in [1.807, 2.05) is 0 Å². The number of hydrogen-bond acceptors (Lipinski definition) is 7. The van der Waals surface area contributed by atoms with Crippen molar-refractivity contribution in [2.24, 2.45) is 0 Å². The lowest BCUT2D eigenvalue weighted by Gasteiger charge is -2.16. The molecule has 0 fully saturated rings. The van der Waals surface area contributed by atoms with Gasteiger partial charge in [0, 0.05) is 12.7 Å². The van der Waals surface area contributed by atoms with Crippen LogP contribution in [0.5, 0.6) is 0 Å². The van der Waals surface area contributed by atoms with Gasteiger partial charge in [-0.05, 0) is 6.42 Å². The Kier molecular flexibility index (Phi) is 5.33. The second-order valence-electron chi connectivity index (χ2n) is 3.51. The largest absolute Gasteiger partial charge is 0.390 e. The van der Waals surface area contributed by atoms with E-state index in [2.05, 4.69) is 9.97 Å². The molecule has 0 bridgehead atoms. The third kappa shape index (κ3) is 4.68. The first-order valence-electron chi connectivity index (χ1n) is 5.07. The highest BCUT2D eigenvalue weighted by molar-refractivity contribution is 8.13. The van der Waals surface area contributed by atoms with Crippen LogP contribution >= 0.6 is 11.8 Å². The van der Waals surface area contributed by atoms with Gasteiger partial charge in [0.2, 0.25) is 0 Å². The molecule has 1 heterocycles. The van der Waals surface area contributed by atoms with E-state index in [1.54, 1.807) is 0 Å². The number of carbonyl (C=O) groups is 1. The third-order valence-electron chi connectivity index (χ3n) is 2.08. The maximum absolute atomic E-state index is 10.7. The molecule has 0 aromatic carbocycles. The summed E-state index contributed by atoms with van der Waals surface area (Å²) in [7, 11) is 0. The van der Waals surface area contributed by atoms with Gasteiger partial charge in [0.25, 0.3) is 0 Å². The summed E-state index contributed by atoms with van der Waals surface area (Å²) in [6.07, 6.45) is 0.851. The molecule has 7 heteroatoms. The van der Waals surface area contributed by atoms with E-state index in [9.17, 15) is 15.0 Å². The number of nitrogen functional groups attached to an aromatic ring is 1. The van der Waals surface area contributed by atoms with Crippen LogP contribution in [0.1, 0.15) is 25.1 Å². The van der Waals surface area contributed by atoms with Crippen LogP contribution in [-0.2, 0) is 4.79 Å². The van der Waals surface area contributed by atoms with Crippen molar-refractivity contribution in [3.05, 3.63) is 18.1 Å². The van der Waals surface area contributed by atoms with Crippen molar-refractivity contribution in [3.63, 3.8) is 0 Å². The van der Waals surface area contributed by atoms with Gasteiger partial charge in [-0.1, -0.05) is 11.8 Å². The summed E-state index contributed by atoms with van der Waals surface area (Å²) in [6, 6.07) is 0. The van der Waals surface area contributed by atoms with Crippen molar-refractivity contribution in [2.75, 3.05) is 11.5 Å². The number of hydrogen-bond donors (Lipinski definition) is 3. The second kappa shape index (κ2) is 6.53. The Balaban J connectivity index is 2.48.